The largest absolute Gasteiger partial charge is 0.388 e. The molecule has 0 saturated carbocycles. The first kappa shape index (κ1) is 30.8. The third-order valence-corrected chi connectivity index (χ3v) is 6.89. The summed E-state index contributed by atoms with van der Waals surface area (Å²) in [6.45, 7) is 8.48. The van der Waals surface area contributed by atoms with Crippen LogP contribution < -0.4 is 10.6 Å². The van der Waals surface area contributed by atoms with Gasteiger partial charge in [0.05, 0.1) is 6.10 Å². The lowest BCUT2D eigenvalue weighted by Crippen LogP contribution is -2.30. The molecule has 2 heterocycles. The fourth-order valence-electron chi connectivity index (χ4n) is 4.56. The number of aromatic nitrogens is 1. The number of ether oxygens (including phenoxy) is 1. The number of pyridine rings is 1. The minimum Gasteiger partial charge on any atom is -0.388 e. The maximum absolute atomic E-state index is 14.8. The lowest BCUT2D eigenvalue weighted by molar-refractivity contribution is 0.0827. The highest BCUT2D eigenvalue weighted by molar-refractivity contribution is 5.94. The highest BCUT2D eigenvalue weighted by Gasteiger charge is 2.18. The lowest BCUT2D eigenvalue weighted by atomic mass is 9.97. The molecule has 40 heavy (non-hydrogen) atoms. The van der Waals surface area contributed by atoms with Gasteiger partial charge in [-0.15, -0.1) is 0 Å². The van der Waals surface area contributed by atoms with Crippen molar-refractivity contribution in [3.63, 3.8) is 0 Å². The zero-order valence-corrected chi connectivity index (χ0v) is 24.7. The van der Waals surface area contributed by atoms with Crippen LogP contribution in [0.4, 0.5) is 10.1 Å². The number of halogens is 1. The molecule has 7 nitrogen and oxygen atoms in total. The molecule has 3 rings (SSSR count). The van der Waals surface area contributed by atoms with E-state index in [4.69, 9.17) is 4.74 Å². The van der Waals surface area contributed by atoms with E-state index < -0.39 is 0 Å². The highest BCUT2D eigenvalue weighted by Crippen LogP contribution is 2.27. The van der Waals surface area contributed by atoms with Crippen molar-refractivity contribution < 1.29 is 13.9 Å². The Morgan fingerprint density at radius 2 is 2.08 bits per heavy atom. The molecule has 1 atom stereocenters. The van der Waals surface area contributed by atoms with Gasteiger partial charge in [-0.3, -0.25) is 14.7 Å². The van der Waals surface area contributed by atoms with Crippen LogP contribution >= 0.6 is 0 Å². The molecule has 1 aromatic carbocycles. The second kappa shape index (κ2) is 14.6. The van der Waals surface area contributed by atoms with Gasteiger partial charge in [-0.25, -0.2) is 4.39 Å². The molecule has 0 fully saturated rings. The molecule has 0 saturated heterocycles. The fraction of sp³-hybridized carbons (Fsp3) is 0.375. The van der Waals surface area contributed by atoms with Gasteiger partial charge >= 0.3 is 0 Å². The van der Waals surface area contributed by atoms with Gasteiger partial charge in [0.25, 0.3) is 5.91 Å². The SMILES string of the molecule is CNC(/C=C\Nc1ccnc(C)c1/C=C(\C)CN1CC=C(c2ccc(C(=O)N(C)C)cc2F)CC1)=C/C(C)OC. The second-order valence-electron chi connectivity index (χ2n) is 10.2. The molecule has 2 aromatic rings. The monoisotopic (exact) mass is 547 g/mol. The number of amides is 1. The minimum absolute atomic E-state index is 0.00968. The Hall–Kier alpha value is -3.75. The Morgan fingerprint density at radius 3 is 2.70 bits per heavy atom. The molecule has 0 bridgehead atoms. The van der Waals surface area contributed by atoms with E-state index in [1.54, 1.807) is 39.5 Å². The summed E-state index contributed by atoms with van der Waals surface area (Å²) in [7, 11) is 6.89. The first-order chi connectivity index (χ1) is 19.1. The molecule has 0 spiro atoms. The van der Waals surface area contributed by atoms with E-state index in [0.29, 0.717) is 11.1 Å². The van der Waals surface area contributed by atoms with Crippen LogP contribution in [0.3, 0.4) is 0 Å². The van der Waals surface area contributed by atoms with Crippen molar-refractivity contribution in [2.24, 2.45) is 0 Å². The smallest absolute Gasteiger partial charge is 0.253 e. The first-order valence-corrected chi connectivity index (χ1v) is 13.5. The third kappa shape index (κ3) is 8.37. The zero-order chi connectivity index (χ0) is 29.2. The van der Waals surface area contributed by atoms with Crippen molar-refractivity contribution in [3.8, 4) is 0 Å². The van der Waals surface area contributed by atoms with E-state index in [-0.39, 0.29) is 17.8 Å². The van der Waals surface area contributed by atoms with Crippen molar-refractivity contribution in [2.45, 2.75) is 33.3 Å². The van der Waals surface area contributed by atoms with Crippen LogP contribution in [0.2, 0.25) is 0 Å². The van der Waals surface area contributed by atoms with E-state index in [1.807, 2.05) is 45.3 Å². The van der Waals surface area contributed by atoms with Crippen LogP contribution in [0.1, 0.15) is 47.4 Å². The van der Waals surface area contributed by atoms with Gasteiger partial charge in [0.2, 0.25) is 0 Å². The topological polar surface area (TPSA) is 69.7 Å². The summed E-state index contributed by atoms with van der Waals surface area (Å²) >= 11 is 0. The number of carbonyl (C=O) groups is 1. The maximum Gasteiger partial charge on any atom is 0.253 e. The number of likely N-dealkylation sites (N-methyl/N-ethyl adjacent to an activating group) is 1. The summed E-state index contributed by atoms with van der Waals surface area (Å²) in [5.74, 6) is -0.554. The highest BCUT2D eigenvalue weighted by atomic mass is 19.1. The zero-order valence-electron chi connectivity index (χ0n) is 24.7. The first-order valence-electron chi connectivity index (χ1n) is 13.5. The number of hydrogen-bond acceptors (Lipinski definition) is 6. The van der Waals surface area contributed by atoms with Gasteiger partial charge in [-0.2, -0.15) is 0 Å². The number of rotatable bonds is 11. The summed E-state index contributed by atoms with van der Waals surface area (Å²) in [6.07, 6.45) is 12.7. The summed E-state index contributed by atoms with van der Waals surface area (Å²) in [5, 5.41) is 6.56. The normalized spacial score (nSPS) is 15.7. The van der Waals surface area contributed by atoms with Crippen LogP contribution in [-0.4, -0.2) is 74.7 Å². The number of carbonyl (C=O) groups excluding carboxylic acids is 1. The Bertz CT molecular complexity index is 1310. The van der Waals surface area contributed by atoms with Gasteiger partial charge in [-0.05, 0) is 63.1 Å². The number of benzene rings is 1. The van der Waals surface area contributed by atoms with E-state index in [1.165, 1.54) is 16.5 Å². The van der Waals surface area contributed by atoms with Crippen molar-refractivity contribution in [2.75, 3.05) is 53.2 Å². The molecule has 0 radical (unpaired) electrons. The van der Waals surface area contributed by atoms with E-state index in [0.717, 1.165) is 54.3 Å². The second-order valence-corrected chi connectivity index (χ2v) is 10.2. The fourth-order valence-corrected chi connectivity index (χ4v) is 4.56. The number of hydrogen-bond donors (Lipinski definition) is 2. The van der Waals surface area contributed by atoms with E-state index in [9.17, 15) is 9.18 Å². The third-order valence-electron chi connectivity index (χ3n) is 6.89. The number of anilines is 1. The minimum atomic E-state index is -0.352. The Kier molecular flexibility index (Phi) is 11.2. The lowest BCUT2D eigenvalue weighted by Gasteiger charge is -2.27. The van der Waals surface area contributed by atoms with E-state index in [2.05, 4.69) is 39.6 Å². The van der Waals surface area contributed by atoms with Crippen LogP contribution in [0.25, 0.3) is 11.6 Å². The summed E-state index contributed by atoms with van der Waals surface area (Å²) in [6, 6.07) is 6.73. The van der Waals surface area contributed by atoms with E-state index >= 15 is 0 Å². The number of nitrogens with zero attached hydrogens (tertiary/aromatic N) is 3. The molecule has 0 aliphatic carbocycles. The molecule has 1 unspecified atom stereocenters. The number of methoxy groups -OCH3 is 1. The Labute approximate surface area is 238 Å². The number of allylic oxidation sites excluding steroid dienone is 1. The molecule has 1 aliphatic heterocycles. The van der Waals surface area contributed by atoms with Gasteiger partial charge in [0, 0.05) is 94.1 Å². The van der Waals surface area contributed by atoms with Crippen molar-refractivity contribution in [1.82, 2.24) is 20.1 Å². The van der Waals surface area contributed by atoms with Gasteiger partial charge < -0.3 is 20.3 Å². The van der Waals surface area contributed by atoms with Gasteiger partial charge in [-0.1, -0.05) is 23.8 Å². The maximum atomic E-state index is 14.8. The molecule has 2 N–H and O–H groups in total. The summed E-state index contributed by atoms with van der Waals surface area (Å²) in [4.78, 5) is 20.4. The standard InChI is InChI=1S/C32H42FN5O2/c1-22(18-29-24(3)35-15-11-31(29)36-14-10-27(34-4)19-23(2)40-7)21-38-16-12-25(13-17-38)28-9-8-26(20-30(28)33)32(39)37(5)6/h8-12,14-15,18-20,23,34H,13,16-17,21H2,1-7H3,(H,35,36)/b14-10-,22-18+,27-19+. The molecular weight excluding hydrogens is 505 g/mol. The summed E-state index contributed by atoms with van der Waals surface area (Å²) < 4.78 is 20.2. The molecule has 1 aromatic heterocycles. The summed E-state index contributed by atoms with van der Waals surface area (Å²) in [5.41, 5.74) is 7.06. The Morgan fingerprint density at radius 1 is 1.30 bits per heavy atom. The van der Waals surface area contributed by atoms with Crippen molar-refractivity contribution in [1.29, 1.82) is 0 Å². The quantitative estimate of drug-likeness (QED) is 0.363. The predicted molar refractivity (Wildman–Crippen MR) is 162 cm³/mol. The van der Waals surface area contributed by atoms with Crippen LogP contribution in [0.5, 0.6) is 0 Å². The number of aryl methyl sites for hydroxylation is 1. The molecule has 1 amide bonds. The number of nitrogens with one attached hydrogen (secondary N) is 2. The van der Waals surface area contributed by atoms with Crippen LogP contribution in [-0.2, 0) is 4.74 Å². The van der Waals surface area contributed by atoms with Crippen molar-refractivity contribution in [3.05, 3.63) is 94.4 Å². The van der Waals surface area contributed by atoms with Gasteiger partial charge in [0.15, 0.2) is 0 Å². The molecule has 8 heteroatoms. The van der Waals surface area contributed by atoms with Crippen LogP contribution in [0, 0.1) is 12.7 Å². The molecular formula is C32H42FN5O2. The van der Waals surface area contributed by atoms with Crippen molar-refractivity contribution >= 4 is 23.2 Å². The van der Waals surface area contributed by atoms with Crippen LogP contribution in [0.15, 0.2) is 66.2 Å². The average Bonchev–Trinajstić information content (AvgIpc) is 2.94. The average molecular weight is 548 g/mol. The van der Waals surface area contributed by atoms with Gasteiger partial charge in [0.1, 0.15) is 5.82 Å². The predicted octanol–water partition coefficient (Wildman–Crippen LogP) is 5.49. The Balaban J connectivity index is 1.68. The molecule has 214 valence electrons. The molecule has 1 aliphatic rings.